The third-order valence-electron chi connectivity index (χ3n) is 4.80. The van der Waals surface area contributed by atoms with Crippen LogP contribution in [0.2, 0.25) is 0 Å². The van der Waals surface area contributed by atoms with E-state index in [1.807, 2.05) is 28.8 Å². The number of fused-ring (bicyclic) bond motifs is 1. The number of amides is 1. The molecule has 0 saturated carbocycles. The summed E-state index contributed by atoms with van der Waals surface area (Å²) in [7, 11) is 1.63. The Hall–Kier alpha value is -2.97. The molecule has 1 aliphatic heterocycles. The third kappa shape index (κ3) is 3.97. The fraction of sp³-hybridized carbons (Fsp3) is 0.350. The molecule has 8 heteroatoms. The van der Waals surface area contributed by atoms with Gasteiger partial charge in [-0.2, -0.15) is 0 Å². The van der Waals surface area contributed by atoms with Crippen molar-refractivity contribution in [3.8, 4) is 11.4 Å². The maximum absolute atomic E-state index is 12.4. The monoisotopic (exact) mass is 381 g/mol. The lowest BCUT2D eigenvalue weighted by molar-refractivity contribution is 0.0383. The molecule has 4 rings (SSSR count). The Kier molecular flexibility index (Phi) is 5.50. The molecule has 1 amide bonds. The highest BCUT2D eigenvalue weighted by Crippen LogP contribution is 2.20. The van der Waals surface area contributed by atoms with Crippen molar-refractivity contribution in [3.63, 3.8) is 0 Å². The number of carbonyl (C=O) groups excluding carboxylic acids is 1. The molecule has 1 aromatic carbocycles. The summed E-state index contributed by atoms with van der Waals surface area (Å²) >= 11 is 0. The number of rotatable bonds is 6. The second kappa shape index (κ2) is 8.37. The first kappa shape index (κ1) is 18.4. The Labute approximate surface area is 163 Å². The van der Waals surface area contributed by atoms with E-state index in [4.69, 9.17) is 9.47 Å². The van der Waals surface area contributed by atoms with Gasteiger partial charge in [0.05, 0.1) is 31.6 Å². The number of hydrogen-bond acceptors (Lipinski definition) is 6. The lowest BCUT2D eigenvalue weighted by Crippen LogP contribution is -2.41. The van der Waals surface area contributed by atoms with Crippen LogP contribution in [0.3, 0.4) is 0 Å². The fourth-order valence-corrected chi connectivity index (χ4v) is 3.23. The standard InChI is InChI=1S/C20H23N5O3/c1-27-17-4-2-3-16(12-17)25-14-23-18-11-15(13-22-19(18)25)20(26)21-5-6-24-7-9-28-10-8-24/h2-4,11-14H,5-10H2,1H3,(H,21,26). The zero-order valence-electron chi connectivity index (χ0n) is 15.8. The summed E-state index contributed by atoms with van der Waals surface area (Å²) in [4.78, 5) is 23.6. The molecular formula is C20H23N5O3. The van der Waals surface area contributed by atoms with Crippen molar-refractivity contribution >= 4 is 17.1 Å². The van der Waals surface area contributed by atoms with E-state index in [0.717, 1.165) is 44.3 Å². The largest absolute Gasteiger partial charge is 0.497 e. The van der Waals surface area contributed by atoms with Crippen LogP contribution >= 0.6 is 0 Å². The summed E-state index contributed by atoms with van der Waals surface area (Å²) in [5, 5.41) is 2.95. The molecule has 0 atom stereocenters. The predicted octanol–water partition coefficient (Wildman–Crippen LogP) is 1.49. The molecule has 0 unspecified atom stereocenters. The van der Waals surface area contributed by atoms with E-state index in [-0.39, 0.29) is 5.91 Å². The highest BCUT2D eigenvalue weighted by Gasteiger charge is 2.13. The van der Waals surface area contributed by atoms with Gasteiger partial charge >= 0.3 is 0 Å². The molecule has 2 aromatic heterocycles. The number of ether oxygens (including phenoxy) is 2. The number of aromatic nitrogens is 3. The average Bonchev–Trinajstić information content (AvgIpc) is 3.18. The van der Waals surface area contributed by atoms with Crippen LogP contribution in [0, 0.1) is 0 Å². The van der Waals surface area contributed by atoms with E-state index in [2.05, 4.69) is 20.2 Å². The van der Waals surface area contributed by atoms with Crippen molar-refractivity contribution in [2.75, 3.05) is 46.5 Å². The number of nitrogens with one attached hydrogen (secondary N) is 1. The summed E-state index contributed by atoms with van der Waals surface area (Å²) in [5.74, 6) is 0.620. The van der Waals surface area contributed by atoms with E-state index < -0.39 is 0 Å². The van der Waals surface area contributed by atoms with Gasteiger partial charge in [-0.1, -0.05) is 6.07 Å². The van der Waals surface area contributed by atoms with Gasteiger partial charge in [-0.15, -0.1) is 0 Å². The zero-order chi connectivity index (χ0) is 19.3. The Morgan fingerprint density at radius 1 is 1.25 bits per heavy atom. The molecule has 0 bridgehead atoms. The SMILES string of the molecule is COc1cccc(-n2cnc3cc(C(=O)NCCN4CCOCC4)cnc32)c1. The van der Waals surface area contributed by atoms with Gasteiger partial charge in [-0.25, -0.2) is 9.97 Å². The minimum absolute atomic E-state index is 0.140. The van der Waals surface area contributed by atoms with Crippen LogP contribution < -0.4 is 10.1 Å². The van der Waals surface area contributed by atoms with E-state index >= 15 is 0 Å². The van der Waals surface area contributed by atoms with Crippen LogP contribution in [0.1, 0.15) is 10.4 Å². The van der Waals surface area contributed by atoms with Crippen molar-refractivity contribution in [2.24, 2.45) is 0 Å². The first-order chi connectivity index (χ1) is 13.7. The summed E-state index contributed by atoms with van der Waals surface area (Å²) in [6.07, 6.45) is 3.29. The molecule has 146 valence electrons. The van der Waals surface area contributed by atoms with Crippen LogP contribution in [0.4, 0.5) is 0 Å². The number of methoxy groups -OCH3 is 1. The summed E-state index contributed by atoms with van der Waals surface area (Å²) in [6.45, 7) is 4.73. The molecule has 1 fully saturated rings. The molecule has 28 heavy (non-hydrogen) atoms. The maximum Gasteiger partial charge on any atom is 0.252 e. The van der Waals surface area contributed by atoms with E-state index in [1.165, 1.54) is 0 Å². The van der Waals surface area contributed by atoms with Gasteiger partial charge in [0.15, 0.2) is 5.65 Å². The topological polar surface area (TPSA) is 81.5 Å². The molecule has 1 N–H and O–H groups in total. The van der Waals surface area contributed by atoms with Gasteiger partial charge in [-0.05, 0) is 18.2 Å². The Balaban J connectivity index is 1.45. The van der Waals surface area contributed by atoms with E-state index in [9.17, 15) is 4.79 Å². The maximum atomic E-state index is 12.4. The van der Waals surface area contributed by atoms with Crippen LogP contribution in [0.15, 0.2) is 42.9 Å². The van der Waals surface area contributed by atoms with E-state index in [0.29, 0.717) is 23.3 Å². The smallest absolute Gasteiger partial charge is 0.252 e. The number of imidazole rings is 1. The molecule has 1 aliphatic rings. The summed E-state index contributed by atoms with van der Waals surface area (Å²) in [6, 6.07) is 9.43. The van der Waals surface area contributed by atoms with Crippen LogP contribution in [0.5, 0.6) is 5.75 Å². The predicted molar refractivity (Wildman–Crippen MR) is 105 cm³/mol. The minimum atomic E-state index is -0.140. The van der Waals surface area contributed by atoms with Gasteiger partial charge in [0, 0.05) is 38.4 Å². The summed E-state index contributed by atoms with van der Waals surface area (Å²) in [5.41, 5.74) is 2.77. The van der Waals surface area contributed by atoms with Crippen LogP contribution in [-0.4, -0.2) is 71.8 Å². The molecular weight excluding hydrogens is 358 g/mol. The lowest BCUT2D eigenvalue weighted by Gasteiger charge is -2.26. The van der Waals surface area contributed by atoms with Crippen molar-refractivity contribution in [1.29, 1.82) is 0 Å². The molecule has 1 saturated heterocycles. The highest BCUT2D eigenvalue weighted by atomic mass is 16.5. The van der Waals surface area contributed by atoms with Gasteiger partial charge in [-0.3, -0.25) is 14.3 Å². The first-order valence-electron chi connectivity index (χ1n) is 9.30. The van der Waals surface area contributed by atoms with Crippen molar-refractivity contribution < 1.29 is 14.3 Å². The van der Waals surface area contributed by atoms with Gasteiger partial charge in [0.2, 0.25) is 0 Å². The first-order valence-corrected chi connectivity index (χ1v) is 9.30. The normalized spacial score (nSPS) is 14.9. The quantitative estimate of drug-likeness (QED) is 0.697. The molecule has 8 nitrogen and oxygen atoms in total. The highest BCUT2D eigenvalue weighted by molar-refractivity contribution is 5.96. The Bertz CT molecular complexity index is 965. The number of benzene rings is 1. The zero-order valence-corrected chi connectivity index (χ0v) is 15.8. The molecule has 3 heterocycles. The lowest BCUT2D eigenvalue weighted by atomic mass is 10.2. The second-order valence-corrected chi connectivity index (χ2v) is 6.59. The van der Waals surface area contributed by atoms with Crippen LogP contribution in [0.25, 0.3) is 16.9 Å². The van der Waals surface area contributed by atoms with Gasteiger partial charge in [0.1, 0.15) is 17.6 Å². The number of morpholine rings is 1. The van der Waals surface area contributed by atoms with Crippen molar-refractivity contribution in [3.05, 3.63) is 48.4 Å². The molecule has 0 radical (unpaired) electrons. The summed E-state index contributed by atoms with van der Waals surface area (Å²) < 4.78 is 12.5. The van der Waals surface area contributed by atoms with Crippen molar-refractivity contribution in [1.82, 2.24) is 24.8 Å². The Morgan fingerprint density at radius 3 is 2.93 bits per heavy atom. The number of nitrogens with zero attached hydrogens (tertiary/aromatic N) is 4. The van der Waals surface area contributed by atoms with Crippen LogP contribution in [-0.2, 0) is 4.74 Å². The fourth-order valence-electron chi connectivity index (χ4n) is 3.23. The second-order valence-electron chi connectivity index (χ2n) is 6.59. The Morgan fingerprint density at radius 2 is 2.11 bits per heavy atom. The molecule has 0 aliphatic carbocycles. The number of hydrogen-bond donors (Lipinski definition) is 1. The van der Waals surface area contributed by atoms with E-state index in [1.54, 1.807) is 25.7 Å². The minimum Gasteiger partial charge on any atom is -0.497 e. The molecule has 3 aromatic rings. The molecule has 0 spiro atoms. The van der Waals surface area contributed by atoms with Gasteiger partial charge < -0.3 is 14.8 Å². The number of pyridine rings is 1. The van der Waals surface area contributed by atoms with Crippen molar-refractivity contribution in [2.45, 2.75) is 0 Å². The average molecular weight is 381 g/mol. The number of carbonyl (C=O) groups is 1. The third-order valence-corrected chi connectivity index (χ3v) is 4.80. The van der Waals surface area contributed by atoms with Gasteiger partial charge in [0.25, 0.3) is 5.91 Å².